The first-order valence-electron chi connectivity index (χ1n) is 8.06. The average Bonchev–Trinajstić information content (AvgIpc) is 2.63. The highest BCUT2D eigenvalue weighted by atomic mass is 79.9. The molecule has 0 saturated carbocycles. The quantitative estimate of drug-likeness (QED) is 0.439. The van der Waals surface area contributed by atoms with E-state index in [0.29, 0.717) is 22.8 Å². The fourth-order valence-corrected chi connectivity index (χ4v) is 3.16. The van der Waals surface area contributed by atoms with Crippen LogP contribution in [-0.4, -0.2) is 32.4 Å². The number of hydrogen-bond donors (Lipinski definition) is 1. The number of methoxy groups -OCH3 is 2. The van der Waals surface area contributed by atoms with Gasteiger partial charge in [0, 0.05) is 4.47 Å². The van der Waals surface area contributed by atoms with Crippen LogP contribution in [0.5, 0.6) is 17.2 Å². The Hall–Kier alpha value is -2.06. The summed E-state index contributed by atoms with van der Waals surface area (Å²) in [6.07, 6.45) is 1.53. The highest BCUT2D eigenvalue weighted by molar-refractivity contribution is 9.10. The monoisotopic (exact) mass is 498 g/mol. The molecular formula is C19H20Br2N2O4. The number of amides is 1. The second-order valence-electron chi connectivity index (χ2n) is 5.74. The summed E-state index contributed by atoms with van der Waals surface area (Å²) in [5.74, 6) is 1.27. The lowest BCUT2D eigenvalue weighted by Gasteiger charge is -2.15. The molecule has 0 aliphatic heterocycles. The molecule has 0 saturated heterocycles. The number of rotatable bonds is 7. The van der Waals surface area contributed by atoms with E-state index in [-0.39, 0.29) is 12.0 Å². The van der Waals surface area contributed by atoms with Crippen molar-refractivity contribution in [1.82, 2.24) is 5.43 Å². The maximum Gasteiger partial charge on any atom is 0.275 e. The van der Waals surface area contributed by atoms with Gasteiger partial charge in [-0.1, -0.05) is 15.9 Å². The van der Waals surface area contributed by atoms with Crippen LogP contribution in [0, 0.1) is 0 Å². The minimum atomic E-state index is -0.379. The van der Waals surface area contributed by atoms with Crippen LogP contribution in [0.3, 0.4) is 0 Å². The lowest BCUT2D eigenvalue weighted by atomic mass is 10.2. The van der Waals surface area contributed by atoms with Crippen molar-refractivity contribution in [3.63, 3.8) is 0 Å². The summed E-state index contributed by atoms with van der Waals surface area (Å²) in [6.45, 7) is 3.87. The smallest absolute Gasteiger partial charge is 0.275 e. The number of halogens is 2. The van der Waals surface area contributed by atoms with Crippen molar-refractivity contribution in [2.24, 2.45) is 5.10 Å². The maximum absolute atomic E-state index is 12.4. The van der Waals surface area contributed by atoms with E-state index in [1.54, 1.807) is 31.4 Å². The molecule has 0 atom stereocenters. The Labute approximate surface area is 175 Å². The van der Waals surface area contributed by atoms with Crippen molar-refractivity contribution in [3.05, 3.63) is 50.4 Å². The molecule has 0 radical (unpaired) electrons. The van der Waals surface area contributed by atoms with Crippen molar-refractivity contribution in [2.45, 2.75) is 20.0 Å². The van der Waals surface area contributed by atoms with Gasteiger partial charge in [0.1, 0.15) is 5.75 Å². The van der Waals surface area contributed by atoms with E-state index < -0.39 is 0 Å². The average molecular weight is 500 g/mol. The molecule has 1 amide bonds. The van der Waals surface area contributed by atoms with E-state index in [1.807, 2.05) is 19.9 Å². The molecule has 0 heterocycles. The number of benzene rings is 2. The minimum absolute atomic E-state index is 0.00850. The maximum atomic E-state index is 12.4. The summed E-state index contributed by atoms with van der Waals surface area (Å²) < 4.78 is 17.8. The first kappa shape index (κ1) is 21.2. The summed E-state index contributed by atoms with van der Waals surface area (Å²) in [7, 11) is 3.07. The number of nitrogens with one attached hydrogen (secondary N) is 1. The molecule has 0 spiro atoms. The molecule has 0 aliphatic carbocycles. The van der Waals surface area contributed by atoms with Gasteiger partial charge in [-0.2, -0.15) is 5.10 Å². The van der Waals surface area contributed by atoms with E-state index in [2.05, 4.69) is 42.4 Å². The molecule has 2 aromatic carbocycles. The van der Waals surface area contributed by atoms with Crippen LogP contribution in [0.25, 0.3) is 0 Å². The highest BCUT2D eigenvalue weighted by Crippen LogP contribution is 2.37. The van der Waals surface area contributed by atoms with Crippen LogP contribution < -0.4 is 19.6 Å². The third-order valence-electron chi connectivity index (χ3n) is 3.39. The van der Waals surface area contributed by atoms with E-state index in [4.69, 9.17) is 14.2 Å². The molecule has 0 aromatic heterocycles. The van der Waals surface area contributed by atoms with E-state index >= 15 is 0 Å². The van der Waals surface area contributed by atoms with Crippen LogP contribution in [0.2, 0.25) is 0 Å². The van der Waals surface area contributed by atoms with Crippen molar-refractivity contribution in [3.8, 4) is 17.2 Å². The van der Waals surface area contributed by atoms with Crippen LogP contribution in [0.1, 0.15) is 29.8 Å². The summed E-state index contributed by atoms with van der Waals surface area (Å²) in [4.78, 5) is 12.4. The van der Waals surface area contributed by atoms with E-state index in [9.17, 15) is 4.79 Å². The summed E-state index contributed by atoms with van der Waals surface area (Å²) >= 11 is 6.82. The second-order valence-corrected chi connectivity index (χ2v) is 7.51. The second kappa shape index (κ2) is 9.75. The molecule has 2 rings (SSSR count). The zero-order valence-electron chi connectivity index (χ0n) is 15.4. The zero-order chi connectivity index (χ0) is 20.0. The number of carbonyl (C=O) groups is 1. The summed E-state index contributed by atoms with van der Waals surface area (Å²) in [6, 6.07) is 8.77. The van der Waals surface area contributed by atoms with Gasteiger partial charge >= 0.3 is 0 Å². The van der Waals surface area contributed by atoms with Gasteiger partial charge in [-0.05, 0) is 65.7 Å². The Bertz CT molecular complexity index is 854. The molecule has 1 N–H and O–H groups in total. The Balaban J connectivity index is 2.18. The summed E-state index contributed by atoms with van der Waals surface area (Å²) in [5.41, 5.74) is 3.61. The normalized spacial score (nSPS) is 10.9. The van der Waals surface area contributed by atoms with Crippen LogP contribution in [0.15, 0.2) is 44.4 Å². The predicted molar refractivity (Wildman–Crippen MR) is 112 cm³/mol. The van der Waals surface area contributed by atoms with Gasteiger partial charge < -0.3 is 14.2 Å². The largest absolute Gasteiger partial charge is 0.496 e. The first-order valence-corrected chi connectivity index (χ1v) is 9.65. The fraction of sp³-hybridized carbons (Fsp3) is 0.263. The number of hydrogen-bond acceptors (Lipinski definition) is 5. The van der Waals surface area contributed by atoms with E-state index in [0.717, 1.165) is 14.5 Å². The van der Waals surface area contributed by atoms with Crippen molar-refractivity contribution in [1.29, 1.82) is 0 Å². The first-order chi connectivity index (χ1) is 12.8. The Morgan fingerprint density at radius 2 is 1.81 bits per heavy atom. The molecule has 6 nitrogen and oxygen atoms in total. The third-order valence-corrected chi connectivity index (χ3v) is 4.47. The van der Waals surface area contributed by atoms with Crippen LogP contribution in [-0.2, 0) is 0 Å². The predicted octanol–water partition coefficient (Wildman–Crippen LogP) is 4.78. The molecule has 0 aliphatic rings. The fourth-order valence-electron chi connectivity index (χ4n) is 2.25. The molecule has 0 unspecified atom stereocenters. The Kier molecular flexibility index (Phi) is 7.67. The molecular weight excluding hydrogens is 480 g/mol. The number of ether oxygens (including phenoxy) is 3. The third kappa shape index (κ3) is 5.71. The molecule has 8 heteroatoms. The van der Waals surface area contributed by atoms with Gasteiger partial charge in [0.05, 0.1) is 36.6 Å². The lowest BCUT2D eigenvalue weighted by Crippen LogP contribution is -2.18. The zero-order valence-corrected chi connectivity index (χ0v) is 18.5. The molecule has 144 valence electrons. The molecule has 0 bridgehead atoms. The van der Waals surface area contributed by atoms with Gasteiger partial charge in [-0.3, -0.25) is 4.79 Å². The van der Waals surface area contributed by atoms with Gasteiger partial charge in [0.2, 0.25) is 0 Å². The van der Waals surface area contributed by atoms with Crippen LogP contribution >= 0.6 is 31.9 Å². The number of hydrazone groups is 1. The Morgan fingerprint density at radius 3 is 2.44 bits per heavy atom. The van der Waals surface area contributed by atoms with Crippen molar-refractivity contribution >= 4 is 44.0 Å². The van der Waals surface area contributed by atoms with Gasteiger partial charge in [-0.25, -0.2) is 5.43 Å². The van der Waals surface area contributed by atoms with Gasteiger partial charge in [-0.15, -0.1) is 0 Å². The van der Waals surface area contributed by atoms with Gasteiger partial charge in [0.25, 0.3) is 5.91 Å². The molecule has 0 fully saturated rings. The lowest BCUT2D eigenvalue weighted by molar-refractivity contribution is 0.0952. The number of carbonyl (C=O) groups excluding carboxylic acids is 1. The molecule has 2 aromatic rings. The van der Waals surface area contributed by atoms with Crippen molar-refractivity contribution in [2.75, 3.05) is 14.2 Å². The van der Waals surface area contributed by atoms with Gasteiger partial charge in [0.15, 0.2) is 11.5 Å². The topological polar surface area (TPSA) is 69.2 Å². The minimum Gasteiger partial charge on any atom is -0.496 e. The van der Waals surface area contributed by atoms with E-state index in [1.165, 1.54) is 13.3 Å². The number of nitrogens with zero attached hydrogens (tertiary/aromatic N) is 1. The standard InChI is InChI=1S/C19H20Br2N2O4/c1-11(2)27-18-15(21)7-12(8-17(18)26-4)10-22-23-19(24)14-9-13(20)5-6-16(14)25-3/h5-11H,1-4H3,(H,23,24)/b22-10-. The highest BCUT2D eigenvalue weighted by Gasteiger charge is 2.14. The Morgan fingerprint density at radius 1 is 1.11 bits per heavy atom. The SMILES string of the molecule is COc1ccc(Br)cc1C(=O)N/N=C\c1cc(Br)c(OC(C)C)c(OC)c1. The summed E-state index contributed by atoms with van der Waals surface area (Å²) in [5, 5.41) is 4.02. The van der Waals surface area contributed by atoms with Crippen LogP contribution in [0.4, 0.5) is 0 Å². The molecule has 27 heavy (non-hydrogen) atoms. The van der Waals surface area contributed by atoms with Crippen molar-refractivity contribution < 1.29 is 19.0 Å².